The van der Waals surface area contributed by atoms with Gasteiger partial charge in [0, 0.05) is 31.6 Å². The summed E-state index contributed by atoms with van der Waals surface area (Å²) in [6, 6.07) is 0. The molecule has 1 amide bonds. The zero-order valence-electron chi connectivity index (χ0n) is 14.3. The van der Waals surface area contributed by atoms with Crippen molar-refractivity contribution in [3.63, 3.8) is 0 Å². The van der Waals surface area contributed by atoms with E-state index >= 15 is 0 Å². The van der Waals surface area contributed by atoms with Gasteiger partial charge in [-0.25, -0.2) is 0 Å². The van der Waals surface area contributed by atoms with Gasteiger partial charge in [0.2, 0.25) is 5.91 Å². The van der Waals surface area contributed by atoms with Crippen LogP contribution >= 0.6 is 0 Å². The summed E-state index contributed by atoms with van der Waals surface area (Å²) in [5.74, 6) is 0.0398. The molecule has 0 saturated carbocycles. The zero-order valence-corrected chi connectivity index (χ0v) is 14.3. The molecule has 0 aliphatic carbocycles. The molecular formula is C19H27N3O. The summed E-state index contributed by atoms with van der Waals surface area (Å²) >= 11 is 0. The Morgan fingerprint density at radius 3 is 2.39 bits per heavy atom. The molecule has 2 aliphatic heterocycles. The van der Waals surface area contributed by atoms with Crippen molar-refractivity contribution < 1.29 is 4.79 Å². The lowest BCUT2D eigenvalue weighted by molar-refractivity contribution is -0.125. The van der Waals surface area contributed by atoms with Crippen LogP contribution in [0.25, 0.3) is 0 Å². The fourth-order valence-electron chi connectivity index (χ4n) is 3.54. The molecule has 1 atom stereocenters. The first kappa shape index (κ1) is 17.3. The normalized spacial score (nSPS) is 25.1. The van der Waals surface area contributed by atoms with Crippen LogP contribution < -0.4 is 0 Å². The molecule has 2 saturated heterocycles. The standard InChI is InChI=1S/C19H27N3O/c1-6-15(3)16(4)17(12-20-5)21-10-8-19(13-21)9-11-22(14-19)18(23)7-2/h6-7,12H,2,4-5,8-11,13-14H2,1,3H3/b15-6+,17-12+. The van der Waals surface area contributed by atoms with Crippen molar-refractivity contribution in [1.82, 2.24) is 9.80 Å². The quantitative estimate of drug-likeness (QED) is 0.444. The summed E-state index contributed by atoms with van der Waals surface area (Å²) < 4.78 is 0. The lowest BCUT2D eigenvalue weighted by Crippen LogP contribution is -2.33. The second-order valence-electron chi connectivity index (χ2n) is 6.53. The van der Waals surface area contributed by atoms with Crippen LogP contribution in [0.1, 0.15) is 26.7 Å². The van der Waals surface area contributed by atoms with Crippen molar-refractivity contribution in [3.8, 4) is 0 Å². The van der Waals surface area contributed by atoms with Crippen molar-refractivity contribution >= 4 is 12.6 Å². The number of nitrogens with zero attached hydrogens (tertiary/aromatic N) is 3. The second-order valence-corrected chi connectivity index (χ2v) is 6.53. The maximum Gasteiger partial charge on any atom is 0.245 e. The number of allylic oxidation sites excluding steroid dienone is 2. The molecule has 2 rings (SSSR count). The van der Waals surface area contributed by atoms with Gasteiger partial charge in [-0.3, -0.25) is 9.79 Å². The van der Waals surface area contributed by atoms with Gasteiger partial charge < -0.3 is 9.80 Å². The Balaban J connectivity index is 2.13. The number of rotatable bonds is 5. The predicted octanol–water partition coefficient (Wildman–Crippen LogP) is 3.16. The van der Waals surface area contributed by atoms with Gasteiger partial charge in [0.25, 0.3) is 0 Å². The summed E-state index contributed by atoms with van der Waals surface area (Å²) in [5.41, 5.74) is 3.37. The smallest absolute Gasteiger partial charge is 0.245 e. The molecule has 4 heteroatoms. The Morgan fingerprint density at radius 1 is 1.22 bits per heavy atom. The Morgan fingerprint density at radius 2 is 1.83 bits per heavy atom. The first-order valence-corrected chi connectivity index (χ1v) is 8.11. The van der Waals surface area contributed by atoms with Gasteiger partial charge in [0.15, 0.2) is 0 Å². The zero-order chi connectivity index (χ0) is 17.0. The minimum atomic E-state index is 0.0398. The highest BCUT2D eigenvalue weighted by molar-refractivity contribution is 5.87. The number of hydrogen-bond donors (Lipinski definition) is 0. The summed E-state index contributed by atoms with van der Waals surface area (Å²) in [5, 5.41) is 0. The van der Waals surface area contributed by atoms with E-state index in [9.17, 15) is 4.79 Å². The Hall–Kier alpha value is -2.10. The van der Waals surface area contributed by atoms with Gasteiger partial charge >= 0.3 is 0 Å². The Labute approximate surface area is 139 Å². The SMILES string of the molecule is C=CC(=O)N1CCC2(CCN(/C(=C/N=C)C(=C)/C(C)=C/C)C2)C1. The number of amides is 1. The van der Waals surface area contributed by atoms with E-state index < -0.39 is 0 Å². The highest BCUT2D eigenvalue weighted by atomic mass is 16.2. The van der Waals surface area contributed by atoms with Crippen molar-refractivity contribution in [3.05, 3.63) is 48.4 Å². The average molecular weight is 313 g/mol. The third-order valence-corrected chi connectivity index (χ3v) is 5.14. The topological polar surface area (TPSA) is 35.9 Å². The van der Waals surface area contributed by atoms with Crippen molar-refractivity contribution in [2.75, 3.05) is 26.2 Å². The molecule has 124 valence electrons. The van der Waals surface area contributed by atoms with E-state index in [2.05, 4.69) is 42.8 Å². The molecular weight excluding hydrogens is 286 g/mol. The van der Waals surface area contributed by atoms with Crippen LogP contribution in [0.15, 0.2) is 53.3 Å². The predicted molar refractivity (Wildman–Crippen MR) is 96.2 cm³/mol. The summed E-state index contributed by atoms with van der Waals surface area (Å²) in [6.07, 6.45) is 7.41. The van der Waals surface area contributed by atoms with Crippen molar-refractivity contribution in [2.24, 2.45) is 10.4 Å². The van der Waals surface area contributed by atoms with Gasteiger partial charge in [0.05, 0.1) is 11.9 Å². The van der Waals surface area contributed by atoms with E-state index in [0.29, 0.717) is 0 Å². The van der Waals surface area contributed by atoms with E-state index in [1.165, 1.54) is 6.08 Å². The fourth-order valence-corrected chi connectivity index (χ4v) is 3.54. The van der Waals surface area contributed by atoms with Gasteiger partial charge in [-0.1, -0.05) is 19.2 Å². The van der Waals surface area contributed by atoms with Gasteiger partial charge in [-0.2, -0.15) is 0 Å². The van der Waals surface area contributed by atoms with Crippen LogP contribution in [0.5, 0.6) is 0 Å². The fraction of sp³-hybridized carbons (Fsp3) is 0.474. The van der Waals surface area contributed by atoms with E-state index in [1.54, 1.807) is 6.20 Å². The average Bonchev–Trinajstić information content (AvgIpc) is 3.18. The highest BCUT2D eigenvalue weighted by Gasteiger charge is 2.44. The summed E-state index contributed by atoms with van der Waals surface area (Å²) in [7, 11) is 0. The van der Waals surface area contributed by atoms with Gasteiger partial charge in [-0.15, -0.1) is 0 Å². The number of likely N-dealkylation sites (tertiary alicyclic amines) is 2. The van der Waals surface area contributed by atoms with Crippen LogP contribution in [-0.2, 0) is 4.79 Å². The van der Waals surface area contributed by atoms with Gasteiger partial charge in [-0.05, 0) is 50.6 Å². The molecule has 0 N–H and O–H groups in total. The highest BCUT2D eigenvalue weighted by Crippen LogP contribution is 2.42. The lowest BCUT2D eigenvalue weighted by atomic mass is 9.86. The molecule has 1 spiro atoms. The Bertz CT molecular complexity index is 587. The molecule has 2 fully saturated rings. The third-order valence-electron chi connectivity index (χ3n) is 5.14. The van der Waals surface area contributed by atoms with Crippen LogP contribution in [0.3, 0.4) is 0 Å². The number of hydrogen-bond acceptors (Lipinski definition) is 3. The van der Waals surface area contributed by atoms with Crippen LogP contribution in [-0.4, -0.2) is 48.6 Å². The molecule has 0 aromatic carbocycles. The monoisotopic (exact) mass is 313 g/mol. The van der Waals surface area contributed by atoms with E-state index in [1.807, 2.05) is 11.8 Å². The first-order chi connectivity index (χ1) is 11.0. The Kier molecular flexibility index (Phi) is 5.24. The van der Waals surface area contributed by atoms with Crippen LogP contribution in [0.4, 0.5) is 0 Å². The van der Waals surface area contributed by atoms with Crippen LogP contribution in [0, 0.1) is 5.41 Å². The van der Waals surface area contributed by atoms with E-state index in [-0.39, 0.29) is 11.3 Å². The van der Waals surface area contributed by atoms with Crippen LogP contribution in [0.2, 0.25) is 0 Å². The largest absolute Gasteiger partial charge is 0.369 e. The number of carbonyl (C=O) groups excluding carboxylic acids is 1. The molecule has 4 nitrogen and oxygen atoms in total. The number of aliphatic imine (C=N–C) groups is 1. The summed E-state index contributed by atoms with van der Waals surface area (Å²) in [6.45, 7) is 19.0. The molecule has 1 unspecified atom stereocenters. The molecule has 0 radical (unpaired) electrons. The van der Waals surface area contributed by atoms with E-state index in [4.69, 9.17) is 0 Å². The lowest BCUT2D eigenvalue weighted by Gasteiger charge is -2.27. The molecule has 2 aliphatic rings. The third kappa shape index (κ3) is 3.46. The van der Waals surface area contributed by atoms with Gasteiger partial charge in [0.1, 0.15) is 0 Å². The maximum absolute atomic E-state index is 11.8. The van der Waals surface area contributed by atoms with Crippen molar-refractivity contribution in [1.29, 1.82) is 0 Å². The minimum absolute atomic E-state index is 0.0398. The first-order valence-electron chi connectivity index (χ1n) is 8.11. The minimum Gasteiger partial charge on any atom is -0.369 e. The summed E-state index contributed by atoms with van der Waals surface area (Å²) in [4.78, 5) is 20.1. The molecule has 23 heavy (non-hydrogen) atoms. The maximum atomic E-state index is 11.8. The number of carbonyl (C=O) groups is 1. The molecule has 0 bridgehead atoms. The van der Waals surface area contributed by atoms with Crippen molar-refractivity contribution in [2.45, 2.75) is 26.7 Å². The molecule has 0 aromatic rings. The van der Waals surface area contributed by atoms with E-state index in [0.717, 1.165) is 55.9 Å². The molecule has 2 heterocycles. The second kappa shape index (κ2) is 6.99. The molecule has 0 aromatic heterocycles.